The Morgan fingerprint density at radius 1 is 1.47 bits per heavy atom. The molecule has 1 aromatic rings. The number of hydrogen-bond acceptors (Lipinski definition) is 3. The summed E-state index contributed by atoms with van der Waals surface area (Å²) in [6, 6.07) is 6.08. The van der Waals surface area contributed by atoms with Crippen LogP contribution in [0.2, 0.25) is 0 Å². The highest BCUT2D eigenvalue weighted by molar-refractivity contribution is 5.76. The van der Waals surface area contributed by atoms with Crippen LogP contribution in [0.15, 0.2) is 18.2 Å². The molecule has 0 radical (unpaired) electrons. The summed E-state index contributed by atoms with van der Waals surface area (Å²) < 4.78 is 5.90. The third-order valence-electron chi connectivity index (χ3n) is 2.47. The highest BCUT2D eigenvalue weighted by Crippen LogP contribution is 2.38. The van der Waals surface area contributed by atoms with Gasteiger partial charge in [-0.25, -0.2) is 0 Å². The van der Waals surface area contributed by atoms with E-state index in [-0.39, 0.29) is 5.60 Å². The summed E-state index contributed by atoms with van der Waals surface area (Å²) in [5.74, 6) is 0.935. The van der Waals surface area contributed by atoms with Crippen LogP contribution >= 0.6 is 0 Å². The van der Waals surface area contributed by atoms with Gasteiger partial charge >= 0.3 is 0 Å². The second-order valence-corrected chi connectivity index (χ2v) is 4.42. The van der Waals surface area contributed by atoms with Crippen molar-refractivity contribution in [1.82, 2.24) is 0 Å². The summed E-state index contributed by atoms with van der Waals surface area (Å²) in [4.78, 5) is 0. The van der Waals surface area contributed by atoms with E-state index in [4.69, 9.17) is 4.74 Å². The molecule has 0 spiro atoms. The summed E-state index contributed by atoms with van der Waals surface area (Å²) in [5, 5.41) is 6.74. The SMILES string of the molecule is CCNc1cccc2c1NCC(C)(C)O2. The van der Waals surface area contributed by atoms with Gasteiger partial charge in [0.2, 0.25) is 0 Å². The fraction of sp³-hybridized carbons (Fsp3) is 0.500. The molecule has 1 heterocycles. The Labute approximate surface area is 90.8 Å². The van der Waals surface area contributed by atoms with Crippen LogP contribution in [0.25, 0.3) is 0 Å². The fourth-order valence-corrected chi connectivity index (χ4v) is 1.77. The topological polar surface area (TPSA) is 33.3 Å². The molecule has 0 atom stereocenters. The maximum atomic E-state index is 5.90. The molecule has 0 saturated carbocycles. The standard InChI is InChI=1S/C12H18N2O/c1-4-13-9-6-5-7-10-11(9)14-8-12(2,3)15-10/h5-7,13-14H,4,8H2,1-3H3. The van der Waals surface area contributed by atoms with Crippen LogP contribution in [0.3, 0.4) is 0 Å². The van der Waals surface area contributed by atoms with E-state index in [1.807, 2.05) is 12.1 Å². The summed E-state index contributed by atoms with van der Waals surface area (Å²) in [7, 11) is 0. The van der Waals surface area contributed by atoms with Crippen LogP contribution < -0.4 is 15.4 Å². The molecule has 3 heteroatoms. The van der Waals surface area contributed by atoms with Gasteiger partial charge in [0.05, 0.1) is 12.2 Å². The van der Waals surface area contributed by atoms with Gasteiger partial charge in [-0.15, -0.1) is 0 Å². The highest BCUT2D eigenvalue weighted by Gasteiger charge is 2.27. The number of rotatable bonds is 2. The van der Waals surface area contributed by atoms with Gasteiger partial charge in [-0.2, -0.15) is 0 Å². The third-order valence-corrected chi connectivity index (χ3v) is 2.47. The average Bonchev–Trinajstić information content (AvgIpc) is 2.16. The molecule has 0 unspecified atom stereocenters. The zero-order chi connectivity index (χ0) is 10.9. The van der Waals surface area contributed by atoms with E-state index in [1.54, 1.807) is 0 Å². The van der Waals surface area contributed by atoms with Gasteiger partial charge in [-0.1, -0.05) is 6.07 Å². The van der Waals surface area contributed by atoms with E-state index in [0.717, 1.165) is 30.2 Å². The highest BCUT2D eigenvalue weighted by atomic mass is 16.5. The minimum atomic E-state index is -0.127. The van der Waals surface area contributed by atoms with E-state index in [2.05, 4.69) is 37.5 Å². The molecule has 0 aliphatic carbocycles. The van der Waals surface area contributed by atoms with Crippen LogP contribution in [-0.4, -0.2) is 18.7 Å². The molecule has 0 amide bonds. The maximum absolute atomic E-state index is 5.90. The number of benzene rings is 1. The van der Waals surface area contributed by atoms with Crippen molar-refractivity contribution in [3.05, 3.63) is 18.2 Å². The van der Waals surface area contributed by atoms with Crippen molar-refractivity contribution < 1.29 is 4.74 Å². The zero-order valence-corrected chi connectivity index (χ0v) is 9.55. The van der Waals surface area contributed by atoms with Gasteiger partial charge in [-0.05, 0) is 32.9 Å². The van der Waals surface area contributed by atoms with Gasteiger partial charge in [-0.3, -0.25) is 0 Å². The summed E-state index contributed by atoms with van der Waals surface area (Å²) in [5.41, 5.74) is 2.07. The first kappa shape index (κ1) is 10.1. The number of para-hydroxylation sites is 1. The second-order valence-electron chi connectivity index (χ2n) is 4.42. The van der Waals surface area contributed by atoms with E-state index in [1.165, 1.54) is 0 Å². The smallest absolute Gasteiger partial charge is 0.145 e. The quantitative estimate of drug-likeness (QED) is 0.780. The number of hydrogen-bond donors (Lipinski definition) is 2. The minimum absolute atomic E-state index is 0.127. The first-order valence-electron chi connectivity index (χ1n) is 5.42. The number of ether oxygens (including phenoxy) is 1. The van der Waals surface area contributed by atoms with Crippen molar-refractivity contribution in [3.8, 4) is 5.75 Å². The third kappa shape index (κ3) is 2.01. The normalized spacial score (nSPS) is 17.3. The number of fused-ring (bicyclic) bond motifs is 1. The van der Waals surface area contributed by atoms with E-state index < -0.39 is 0 Å². The van der Waals surface area contributed by atoms with Crippen molar-refractivity contribution in [2.75, 3.05) is 23.7 Å². The summed E-state index contributed by atoms with van der Waals surface area (Å²) in [6.07, 6.45) is 0. The lowest BCUT2D eigenvalue weighted by Crippen LogP contribution is -2.40. The molecule has 3 nitrogen and oxygen atoms in total. The largest absolute Gasteiger partial charge is 0.484 e. The Balaban J connectivity index is 2.33. The Bertz CT molecular complexity index is 361. The molecule has 0 bridgehead atoms. The van der Waals surface area contributed by atoms with Crippen molar-refractivity contribution in [2.24, 2.45) is 0 Å². The summed E-state index contributed by atoms with van der Waals surface area (Å²) >= 11 is 0. The van der Waals surface area contributed by atoms with Gasteiger partial charge in [0.25, 0.3) is 0 Å². The Morgan fingerprint density at radius 3 is 3.00 bits per heavy atom. The van der Waals surface area contributed by atoms with Crippen LogP contribution in [0, 0.1) is 0 Å². The minimum Gasteiger partial charge on any atom is -0.484 e. The van der Waals surface area contributed by atoms with E-state index >= 15 is 0 Å². The molecule has 1 aliphatic heterocycles. The molecule has 2 N–H and O–H groups in total. The predicted octanol–water partition coefficient (Wildman–Crippen LogP) is 2.70. The van der Waals surface area contributed by atoms with Gasteiger partial charge in [0, 0.05) is 6.54 Å². The predicted molar refractivity (Wildman–Crippen MR) is 63.8 cm³/mol. The molecule has 0 aromatic heterocycles. The van der Waals surface area contributed by atoms with Crippen LogP contribution in [0.4, 0.5) is 11.4 Å². The molecule has 0 saturated heterocycles. The summed E-state index contributed by atoms with van der Waals surface area (Å²) in [6.45, 7) is 8.02. The molecule has 0 fully saturated rings. The van der Waals surface area contributed by atoms with Crippen molar-refractivity contribution in [1.29, 1.82) is 0 Å². The maximum Gasteiger partial charge on any atom is 0.145 e. The lowest BCUT2D eigenvalue weighted by molar-refractivity contribution is 0.116. The first-order valence-corrected chi connectivity index (χ1v) is 5.42. The van der Waals surface area contributed by atoms with Crippen LogP contribution in [0.5, 0.6) is 5.75 Å². The fourth-order valence-electron chi connectivity index (χ4n) is 1.77. The Kier molecular flexibility index (Phi) is 2.47. The van der Waals surface area contributed by atoms with Gasteiger partial charge < -0.3 is 15.4 Å². The molecule has 15 heavy (non-hydrogen) atoms. The number of anilines is 2. The molecule has 1 aliphatic rings. The monoisotopic (exact) mass is 206 g/mol. The van der Waals surface area contributed by atoms with E-state index in [0.29, 0.717) is 0 Å². The Morgan fingerprint density at radius 2 is 2.27 bits per heavy atom. The van der Waals surface area contributed by atoms with E-state index in [9.17, 15) is 0 Å². The molecular weight excluding hydrogens is 188 g/mol. The lowest BCUT2D eigenvalue weighted by atomic mass is 10.1. The van der Waals surface area contributed by atoms with Crippen LogP contribution in [0.1, 0.15) is 20.8 Å². The van der Waals surface area contributed by atoms with Crippen molar-refractivity contribution in [2.45, 2.75) is 26.4 Å². The van der Waals surface area contributed by atoms with Gasteiger partial charge in [0.15, 0.2) is 0 Å². The number of nitrogens with one attached hydrogen (secondary N) is 2. The molecular formula is C12H18N2O. The molecule has 1 aromatic carbocycles. The van der Waals surface area contributed by atoms with Crippen LogP contribution in [-0.2, 0) is 0 Å². The molecule has 2 rings (SSSR count). The molecule has 82 valence electrons. The second kappa shape index (κ2) is 3.65. The van der Waals surface area contributed by atoms with Crippen molar-refractivity contribution in [3.63, 3.8) is 0 Å². The zero-order valence-electron chi connectivity index (χ0n) is 9.55. The average molecular weight is 206 g/mol. The van der Waals surface area contributed by atoms with Crippen molar-refractivity contribution >= 4 is 11.4 Å². The van der Waals surface area contributed by atoms with Gasteiger partial charge in [0.1, 0.15) is 17.0 Å². The lowest BCUT2D eigenvalue weighted by Gasteiger charge is -2.34. The Hall–Kier alpha value is -1.38. The first-order chi connectivity index (χ1) is 7.12.